The molecule has 4 aromatic carbocycles. The van der Waals surface area contributed by atoms with E-state index in [0.29, 0.717) is 29.9 Å². The Labute approximate surface area is 222 Å². The lowest BCUT2D eigenvalue weighted by Gasteiger charge is -2.32. The Morgan fingerprint density at radius 3 is 2.03 bits per heavy atom. The van der Waals surface area contributed by atoms with Crippen molar-refractivity contribution in [2.45, 2.75) is 12.3 Å². The standard InChI is InChI=1S/C19H20FNO3.2C6H6O/c20-15-3-1-13(2-4-15)17-7-8-21-10-14(17)11-22-16-5-6-18-19(9-16)24-12-23-18;2*7-6-4-2-1-3-5-6/h1-6,9,14,17,21H,7-8,10-12H2;2*1-5,7H/t14-,17-;;/m0../s1. The summed E-state index contributed by atoms with van der Waals surface area (Å²) >= 11 is 0. The highest BCUT2D eigenvalue weighted by Gasteiger charge is 2.27. The number of nitrogens with one attached hydrogen (secondary N) is 1. The molecule has 2 aliphatic rings. The molecule has 1 saturated heterocycles. The van der Waals surface area contributed by atoms with Crippen LogP contribution in [0.2, 0.25) is 0 Å². The summed E-state index contributed by atoms with van der Waals surface area (Å²) in [5.74, 6) is 3.43. The quantitative estimate of drug-likeness (QED) is 0.303. The van der Waals surface area contributed by atoms with Gasteiger partial charge in [-0.3, -0.25) is 0 Å². The number of fused-ring (bicyclic) bond motifs is 1. The van der Waals surface area contributed by atoms with Crippen LogP contribution in [0.15, 0.2) is 103 Å². The summed E-state index contributed by atoms with van der Waals surface area (Å²) in [7, 11) is 0. The second kappa shape index (κ2) is 13.9. The van der Waals surface area contributed by atoms with Crippen molar-refractivity contribution < 1.29 is 28.8 Å². The second-order valence-corrected chi connectivity index (χ2v) is 8.91. The summed E-state index contributed by atoms with van der Waals surface area (Å²) in [6.45, 7) is 2.74. The molecule has 6 rings (SSSR count). The average Bonchev–Trinajstić information content (AvgIpc) is 3.42. The molecule has 38 heavy (non-hydrogen) atoms. The fourth-order valence-electron chi connectivity index (χ4n) is 4.27. The van der Waals surface area contributed by atoms with Crippen molar-refractivity contribution in [2.75, 3.05) is 26.5 Å². The number of phenols is 2. The van der Waals surface area contributed by atoms with Crippen LogP contribution in [0.25, 0.3) is 0 Å². The van der Waals surface area contributed by atoms with Crippen LogP contribution in [0.4, 0.5) is 4.39 Å². The zero-order chi connectivity index (χ0) is 26.6. The molecular weight excluding hydrogens is 485 g/mol. The smallest absolute Gasteiger partial charge is 0.231 e. The summed E-state index contributed by atoms with van der Waals surface area (Å²) in [5, 5.41) is 20.7. The molecule has 0 unspecified atom stereocenters. The van der Waals surface area contributed by atoms with Gasteiger partial charge in [0.1, 0.15) is 23.1 Å². The van der Waals surface area contributed by atoms with Gasteiger partial charge in [0.2, 0.25) is 6.79 Å². The van der Waals surface area contributed by atoms with E-state index in [4.69, 9.17) is 24.4 Å². The summed E-state index contributed by atoms with van der Waals surface area (Å²) in [5.41, 5.74) is 1.18. The fourth-order valence-corrected chi connectivity index (χ4v) is 4.27. The van der Waals surface area contributed by atoms with Crippen LogP contribution in [-0.2, 0) is 0 Å². The highest BCUT2D eigenvalue weighted by molar-refractivity contribution is 5.46. The van der Waals surface area contributed by atoms with Crippen molar-refractivity contribution in [1.82, 2.24) is 5.32 Å². The summed E-state index contributed by atoms with van der Waals surface area (Å²) < 4.78 is 29.9. The number of phenolic OH excluding ortho intramolecular Hbond substituents is 2. The van der Waals surface area contributed by atoms with Crippen LogP contribution in [0.1, 0.15) is 17.9 Å². The zero-order valence-corrected chi connectivity index (χ0v) is 21.0. The predicted molar refractivity (Wildman–Crippen MR) is 144 cm³/mol. The molecule has 2 atom stereocenters. The fraction of sp³-hybridized carbons (Fsp3) is 0.226. The molecule has 0 bridgehead atoms. The Bertz CT molecular complexity index is 1200. The molecule has 7 heteroatoms. The van der Waals surface area contributed by atoms with E-state index >= 15 is 0 Å². The third-order valence-corrected chi connectivity index (χ3v) is 6.23. The minimum absolute atomic E-state index is 0.194. The topological polar surface area (TPSA) is 80.2 Å². The van der Waals surface area contributed by atoms with Gasteiger partial charge in [-0.1, -0.05) is 48.5 Å². The molecule has 0 aliphatic carbocycles. The maximum Gasteiger partial charge on any atom is 0.231 e. The van der Waals surface area contributed by atoms with Gasteiger partial charge in [0.25, 0.3) is 0 Å². The monoisotopic (exact) mass is 517 g/mol. The molecule has 2 aliphatic heterocycles. The van der Waals surface area contributed by atoms with Crippen molar-refractivity contribution in [3.63, 3.8) is 0 Å². The number of hydrogen-bond acceptors (Lipinski definition) is 6. The molecule has 0 saturated carbocycles. The third kappa shape index (κ3) is 8.15. The number of ether oxygens (including phenoxy) is 3. The minimum Gasteiger partial charge on any atom is -0.508 e. The molecule has 0 spiro atoms. The molecule has 4 aromatic rings. The van der Waals surface area contributed by atoms with Crippen molar-refractivity contribution in [2.24, 2.45) is 5.92 Å². The highest BCUT2D eigenvalue weighted by atomic mass is 19.1. The maximum atomic E-state index is 13.2. The lowest BCUT2D eigenvalue weighted by molar-refractivity contribution is 0.173. The minimum atomic E-state index is -0.194. The van der Waals surface area contributed by atoms with E-state index in [-0.39, 0.29) is 12.6 Å². The van der Waals surface area contributed by atoms with Gasteiger partial charge in [0.15, 0.2) is 11.5 Å². The first kappa shape index (κ1) is 26.8. The average molecular weight is 518 g/mol. The number of hydrogen-bond donors (Lipinski definition) is 3. The number of aromatic hydroxyl groups is 2. The van der Waals surface area contributed by atoms with Gasteiger partial charge in [-0.15, -0.1) is 0 Å². The number of para-hydroxylation sites is 2. The largest absolute Gasteiger partial charge is 0.508 e. The Balaban J connectivity index is 0.000000195. The lowest BCUT2D eigenvalue weighted by atomic mass is 9.81. The van der Waals surface area contributed by atoms with Crippen LogP contribution in [-0.4, -0.2) is 36.7 Å². The van der Waals surface area contributed by atoms with Gasteiger partial charge < -0.3 is 29.7 Å². The Kier molecular flexibility index (Phi) is 9.82. The Morgan fingerprint density at radius 1 is 0.789 bits per heavy atom. The van der Waals surface area contributed by atoms with E-state index < -0.39 is 0 Å². The molecule has 0 aromatic heterocycles. The van der Waals surface area contributed by atoms with Crippen molar-refractivity contribution in [3.8, 4) is 28.7 Å². The molecule has 3 N–H and O–H groups in total. The van der Waals surface area contributed by atoms with Crippen LogP contribution in [0.3, 0.4) is 0 Å². The zero-order valence-electron chi connectivity index (χ0n) is 21.0. The molecule has 6 nitrogen and oxygen atoms in total. The SMILES string of the molecule is Fc1ccc([C@@H]2CCNC[C@H]2COc2ccc3c(c2)OCO3)cc1.Oc1ccccc1.Oc1ccccc1. The number of halogens is 1. The summed E-state index contributed by atoms with van der Waals surface area (Å²) in [6.07, 6.45) is 1.03. The first-order valence-electron chi connectivity index (χ1n) is 12.5. The lowest BCUT2D eigenvalue weighted by Crippen LogP contribution is -2.38. The van der Waals surface area contributed by atoms with E-state index in [0.717, 1.165) is 36.8 Å². The van der Waals surface area contributed by atoms with Gasteiger partial charge in [0, 0.05) is 18.5 Å². The van der Waals surface area contributed by atoms with Crippen LogP contribution >= 0.6 is 0 Å². The Hall–Kier alpha value is -4.23. The third-order valence-electron chi connectivity index (χ3n) is 6.23. The number of piperidine rings is 1. The highest BCUT2D eigenvalue weighted by Crippen LogP contribution is 2.36. The van der Waals surface area contributed by atoms with Gasteiger partial charge in [-0.25, -0.2) is 4.39 Å². The van der Waals surface area contributed by atoms with Crippen LogP contribution in [0, 0.1) is 11.7 Å². The van der Waals surface area contributed by atoms with E-state index in [1.165, 1.54) is 17.7 Å². The summed E-state index contributed by atoms with van der Waals surface area (Å²) in [6, 6.07) is 29.9. The van der Waals surface area contributed by atoms with Gasteiger partial charge >= 0.3 is 0 Å². The van der Waals surface area contributed by atoms with E-state index in [2.05, 4.69) is 5.32 Å². The van der Waals surface area contributed by atoms with E-state index in [1.54, 1.807) is 48.5 Å². The van der Waals surface area contributed by atoms with Gasteiger partial charge in [0.05, 0.1) is 6.61 Å². The first-order chi connectivity index (χ1) is 18.6. The molecule has 198 valence electrons. The van der Waals surface area contributed by atoms with Crippen LogP contribution < -0.4 is 19.5 Å². The second-order valence-electron chi connectivity index (χ2n) is 8.91. The van der Waals surface area contributed by atoms with Crippen molar-refractivity contribution in [1.29, 1.82) is 0 Å². The van der Waals surface area contributed by atoms with Crippen molar-refractivity contribution >= 4 is 0 Å². The molecular formula is C31H32FNO5. The normalized spacial score (nSPS) is 17.3. The van der Waals surface area contributed by atoms with Crippen LogP contribution in [0.5, 0.6) is 28.7 Å². The van der Waals surface area contributed by atoms with Gasteiger partial charge in [-0.05, 0) is 73.0 Å². The first-order valence-corrected chi connectivity index (χ1v) is 12.5. The molecule has 2 heterocycles. The van der Waals surface area contributed by atoms with Gasteiger partial charge in [-0.2, -0.15) is 0 Å². The maximum absolute atomic E-state index is 13.2. The molecule has 1 fully saturated rings. The number of benzene rings is 4. The van der Waals surface area contributed by atoms with E-state index in [9.17, 15) is 4.39 Å². The molecule has 0 amide bonds. The predicted octanol–water partition coefficient (Wildman–Crippen LogP) is 6.11. The number of rotatable bonds is 4. The Morgan fingerprint density at radius 2 is 1.42 bits per heavy atom. The molecule has 0 radical (unpaired) electrons. The summed E-state index contributed by atoms with van der Waals surface area (Å²) in [4.78, 5) is 0. The van der Waals surface area contributed by atoms with Crippen molar-refractivity contribution in [3.05, 3.63) is 115 Å². The van der Waals surface area contributed by atoms with E-state index in [1.807, 2.05) is 42.5 Å².